The van der Waals surface area contributed by atoms with E-state index in [4.69, 9.17) is 4.74 Å². The van der Waals surface area contributed by atoms with Gasteiger partial charge in [0.05, 0.1) is 0 Å². The number of benzene rings is 1. The summed E-state index contributed by atoms with van der Waals surface area (Å²) in [6.45, 7) is 4.91. The summed E-state index contributed by atoms with van der Waals surface area (Å²) < 4.78 is 18.4. The van der Waals surface area contributed by atoms with Crippen molar-refractivity contribution in [2.24, 2.45) is 5.92 Å². The van der Waals surface area contributed by atoms with Gasteiger partial charge in [0.25, 0.3) is 5.91 Å². The molecule has 0 radical (unpaired) electrons. The molecule has 2 rings (SSSR count). The predicted octanol–water partition coefficient (Wildman–Crippen LogP) is 3.26. The van der Waals surface area contributed by atoms with Crippen LogP contribution in [0.1, 0.15) is 36.3 Å². The van der Waals surface area contributed by atoms with Crippen molar-refractivity contribution in [3.05, 3.63) is 46.7 Å². The summed E-state index contributed by atoms with van der Waals surface area (Å²) in [5, 5.41) is 7.99. The Labute approximate surface area is 162 Å². The topological polar surface area (TPSA) is 80.3 Å². The minimum Gasteiger partial charge on any atom is -0.451 e. The van der Waals surface area contributed by atoms with Gasteiger partial charge in [-0.15, -0.1) is 11.3 Å². The largest absolute Gasteiger partial charge is 0.451 e. The number of rotatable bonds is 10. The summed E-state index contributed by atoms with van der Waals surface area (Å²) in [5.74, 6) is -0.809. The molecule has 0 aliphatic rings. The maximum atomic E-state index is 13.5. The molecule has 8 heteroatoms. The van der Waals surface area contributed by atoms with Gasteiger partial charge < -0.3 is 15.4 Å². The summed E-state index contributed by atoms with van der Waals surface area (Å²) >= 11 is 1.32. The zero-order valence-corrected chi connectivity index (χ0v) is 16.3. The number of carbonyl (C=O) groups excluding carboxylic acids is 2. The quantitative estimate of drug-likeness (QED) is 0.606. The number of carbonyl (C=O) groups is 2. The Kier molecular flexibility index (Phi) is 8.19. The molecular formula is C19H24FN3O3S. The van der Waals surface area contributed by atoms with E-state index in [2.05, 4.69) is 29.5 Å². The molecule has 2 N–H and O–H groups in total. The monoisotopic (exact) mass is 393 g/mol. The van der Waals surface area contributed by atoms with Crippen LogP contribution in [-0.2, 0) is 16.0 Å². The Hall–Kier alpha value is -2.48. The number of amides is 1. The third-order valence-corrected chi connectivity index (χ3v) is 4.52. The molecule has 0 atom stereocenters. The van der Waals surface area contributed by atoms with Gasteiger partial charge >= 0.3 is 5.97 Å². The molecule has 0 aliphatic heterocycles. The summed E-state index contributed by atoms with van der Waals surface area (Å²) in [6, 6.07) is 6.39. The van der Waals surface area contributed by atoms with Gasteiger partial charge in [0.2, 0.25) is 0 Å². The zero-order chi connectivity index (χ0) is 19.6. The second-order valence-corrected chi connectivity index (χ2v) is 7.27. The molecular weight excluding hydrogens is 369 g/mol. The second-order valence-electron chi connectivity index (χ2n) is 6.41. The molecule has 1 amide bonds. The summed E-state index contributed by atoms with van der Waals surface area (Å²) in [7, 11) is 0. The van der Waals surface area contributed by atoms with Gasteiger partial charge in [0.15, 0.2) is 17.4 Å². The van der Waals surface area contributed by atoms with Crippen LogP contribution in [0.15, 0.2) is 29.6 Å². The molecule has 0 bridgehead atoms. The van der Waals surface area contributed by atoms with Crippen molar-refractivity contribution in [2.45, 2.75) is 26.7 Å². The lowest BCUT2D eigenvalue weighted by atomic mass is 10.1. The standard InChI is InChI=1S/C19H24FN3O3S/c1-13(2)7-9-22-19-23-16(12-27-19)18(25)26-11-17(24)21-10-8-14-5-3-4-6-15(14)20/h3-6,12-13H,7-11H2,1-2H3,(H,21,24)(H,22,23). The summed E-state index contributed by atoms with van der Waals surface area (Å²) in [6.07, 6.45) is 1.37. The molecule has 1 aromatic carbocycles. The Bertz CT molecular complexity index is 764. The van der Waals surface area contributed by atoms with Crippen molar-refractivity contribution in [2.75, 3.05) is 25.0 Å². The van der Waals surface area contributed by atoms with Crippen molar-refractivity contribution in [3.8, 4) is 0 Å². The van der Waals surface area contributed by atoms with E-state index < -0.39 is 18.5 Å². The Morgan fingerprint density at radius 3 is 2.78 bits per heavy atom. The number of anilines is 1. The Morgan fingerprint density at radius 2 is 2.04 bits per heavy atom. The molecule has 27 heavy (non-hydrogen) atoms. The predicted molar refractivity (Wildman–Crippen MR) is 103 cm³/mol. The van der Waals surface area contributed by atoms with Crippen LogP contribution in [0, 0.1) is 11.7 Å². The fraction of sp³-hybridized carbons (Fsp3) is 0.421. The lowest BCUT2D eigenvalue weighted by Crippen LogP contribution is -2.30. The molecule has 0 saturated heterocycles. The Morgan fingerprint density at radius 1 is 1.26 bits per heavy atom. The smallest absolute Gasteiger partial charge is 0.358 e. The molecule has 0 unspecified atom stereocenters. The third-order valence-electron chi connectivity index (χ3n) is 3.72. The first-order valence-electron chi connectivity index (χ1n) is 8.82. The minimum absolute atomic E-state index is 0.172. The fourth-order valence-electron chi connectivity index (χ4n) is 2.21. The lowest BCUT2D eigenvalue weighted by molar-refractivity contribution is -0.124. The lowest BCUT2D eigenvalue weighted by Gasteiger charge is -2.06. The van der Waals surface area contributed by atoms with Crippen molar-refractivity contribution in [3.63, 3.8) is 0 Å². The first-order chi connectivity index (χ1) is 13.0. The maximum absolute atomic E-state index is 13.5. The average Bonchev–Trinajstić information content (AvgIpc) is 3.10. The molecule has 1 aromatic heterocycles. The van der Waals surface area contributed by atoms with Crippen LogP contribution in [-0.4, -0.2) is 36.6 Å². The van der Waals surface area contributed by atoms with Crippen LogP contribution >= 0.6 is 11.3 Å². The number of ether oxygens (including phenoxy) is 1. The van der Waals surface area contributed by atoms with Crippen molar-refractivity contribution in [1.29, 1.82) is 0 Å². The van der Waals surface area contributed by atoms with Crippen molar-refractivity contribution >= 4 is 28.3 Å². The van der Waals surface area contributed by atoms with Gasteiger partial charge in [-0.1, -0.05) is 32.0 Å². The molecule has 1 heterocycles. The number of hydrogen-bond donors (Lipinski definition) is 2. The van der Waals surface area contributed by atoms with E-state index in [0.29, 0.717) is 23.0 Å². The van der Waals surface area contributed by atoms with Crippen LogP contribution in [0.3, 0.4) is 0 Å². The summed E-state index contributed by atoms with van der Waals surface area (Å²) in [4.78, 5) is 27.9. The zero-order valence-electron chi connectivity index (χ0n) is 15.5. The molecule has 6 nitrogen and oxygen atoms in total. The molecule has 0 spiro atoms. The molecule has 146 valence electrons. The van der Waals surface area contributed by atoms with Gasteiger partial charge in [0, 0.05) is 18.5 Å². The highest BCUT2D eigenvalue weighted by Crippen LogP contribution is 2.16. The van der Waals surface area contributed by atoms with Crippen LogP contribution < -0.4 is 10.6 Å². The van der Waals surface area contributed by atoms with E-state index in [0.717, 1.165) is 13.0 Å². The van der Waals surface area contributed by atoms with Gasteiger partial charge in [-0.2, -0.15) is 0 Å². The van der Waals surface area contributed by atoms with Crippen LogP contribution in [0.5, 0.6) is 0 Å². The van der Waals surface area contributed by atoms with Gasteiger partial charge in [-0.25, -0.2) is 14.2 Å². The van der Waals surface area contributed by atoms with E-state index in [1.807, 2.05) is 0 Å². The fourth-order valence-corrected chi connectivity index (χ4v) is 2.92. The van der Waals surface area contributed by atoms with E-state index in [-0.39, 0.29) is 18.1 Å². The highest BCUT2D eigenvalue weighted by atomic mass is 32.1. The van der Waals surface area contributed by atoms with Crippen molar-refractivity contribution < 1.29 is 18.7 Å². The third kappa shape index (κ3) is 7.34. The number of aromatic nitrogens is 1. The number of thiazole rings is 1. The maximum Gasteiger partial charge on any atom is 0.358 e. The van der Waals surface area contributed by atoms with E-state index >= 15 is 0 Å². The highest BCUT2D eigenvalue weighted by Gasteiger charge is 2.14. The van der Waals surface area contributed by atoms with E-state index in [1.54, 1.807) is 23.6 Å². The van der Waals surface area contributed by atoms with Crippen LogP contribution in [0.2, 0.25) is 0 Å². The SMILES string of the molecule is CC(C)CCNc1nc(C(=O)OCC(=O)NCCc2ccccc2F)cs1. The van der Waals surface area contributed by atoms with Gasteiger partial charge in [-0.3, -0.25) is 4.79 Å². The van der Waals surface area contributed by atoms with Gasteiger partial charge in [0.1, 0.15) is 5.82 Å². The van der Waals surface area contributed by atoms with Gasteiger partial charge in [-0.05, 0) is 30.4 Å². The van der Waals surface area contributed by atoms with E-state index in [1.165, 1.54) is 17.4 Å². The number of nitrogens with zero attached hydrogens (tertiary/aromatic N) is 1. The molecule has 0 saturated carbocycles. The summed E-state index contributed by atoms with van der Waals surface area (Å²) in [5.41, 5.74) is 0.695. The first-order valence-corrected chi connectivity index (χ1v) is 9.70. The van der Waals surface area contributed by atoms with Crippen LogP contribution in [0.25, 0.3) is 0 Å². The van der Waals surface area contributed by atoms with Crippen molar-refractivity contribution in [1.82, 2.24) is 10.3 Å². The normalized spacial score (nSPS) is 10.7. The molecule has 0 aliphatic carbocycles. The van der Waals surface area contributed by atoms with E-state index in [9.17, 15) is 14.0 Å². The highest BCUT2D eigenvalue weighted by molar-refractivity contribution is 7.13. The second kappa shape index (κ2) is 10.6. The number of nitrogens with one attached hydrogen (secondary N) is 2. The molecule has 0 fully saturated rings. The minimum atomic E-state index is -0.646. The van der Waals surface area contributed by atoms with Crippen LogP contribution in [0.4, 0.5) is 9.52 Å². The molecule has 2 aromatic rings. The first kappa shape index (κ1) is 20.8. The number of esters is 1. The number of halogens is 1. The average molecular weight is 393 g/mol. The number of hydrogen-bond acceptors (Lipinski definition) is 6. The Balaban J connectivity index is 1.68.